The van der Waals surface area contributed by atoms with Crippen LogP contribution in [0.3, 0.4) is 0 Å². The fourth-order valence-corrected chi connectivity index (χ4v) is 2.41. The predicted molar refractivity (Wildman–Crippen MR) is 85.7 cm³/mol. The van der Waals surface area contributed by atoms with Crippen molar-refractivity contribution in [1.29, 1.82) is 5.26 Å². The Morgan fingerprint density at radius 3 is 2.79 bits per heavy atom. The van der Waals surface area contributed by atoms with E-state index in [2.05, 4.69) is 10.3 Å². The molecule has 24 heavy (non-hydrogen) atoms. The van der Waals surface area contributed by atoms with Gasteiger partial charge < -0.3 is 4.74 Å². The molecule has 0 unspecified atom stereocenters. The van der Waals surface area contributed by atoms with E-state index in [1.54, 1.807) is 18.2 Å². The summed E-state index contributed by atoms with van der Waals surface area (Å²) in [6.45, 7) is 2.20. The number of urea groups is 1. The van der Waals surface area contributed by atoms with Crippen LogP contribution in [-0.2, 0) is 4.79 Å². The monoisotopic (exact) mass is 322 g/mol. The van der Waals surface area contributed by atoms with Gasteiger partial charge in [0.25, 0.3) is 0 Å². The van der Waals surface area contributed by atoms with Gasteiger partial charge in [0.1, 0.15) is 23.3 Å². The van der Waals surface area contributed by atoms with Crippen LogP contribution < -0.4 is 15.0 Å². The third-order valence-electron chi connectivity index (χ3n) is 3.61. The maximum Gasteiger partial charge on any atom is 0.328 e. The number of nitriles is 1. The number of nitrogens with one attached hydrogen (secondary N) is 1. The van der Waals surface area contributed by atoms with Gasteiger partial charge >= 0.3 is 6.03 Å². The Morgan fingerprint density at radius 1 is 1.25 bits per heavy atom. The third-order valence-corrected chi connectivity index (χ3v) is 3.61. The molecule has 3 rings (SSSR count). The van der Waals surface area contributed by atoms with Crippen molar-refractivity contribution in [2.45, 2.75) is 13.3 Å². The standard InChI is InChI=1S/C17H14N4O3/c1-11-2-3-13(24-14-4-6-19-12(8-14)10-18)9-15(11)21-7-5-16(22)20-17(21)23/h2-4,6,8-9H,5,7H2,1H3,(H,20,22,23). The van der Waals surface area contributed by atoms with Gasteiger partial charge in [0.15, 0.2) is 0 Å². The van der Waals surface area contributed by atoms with Crippen LogP contribution in [0.5, 0.6) is 11.5 Å². The number of ether oxygens (including phenoxy) is 1. The Hall–Kier alpha value is -3.40. The van der Waals surface area contributed by atoms with Crippen LogP contribution in [-0.4, -0.2) is 23.5 Å². The number of nitrogens with zero attached hydrogens (tertiary/aromatic N) is 3. The van der Waals surface area contributed by atoms with Crippen LogP contribution in [0.15, 0.2) is 36.5 Å². The first-order valence-electron chi connectivity index (χ1n) is 7.33. The third kappa shape index (κ3) is 3.17. The Bertz CT molecular complexity index is 857. The lowest BCUT2D eigenvalue weighted by Gasteiger charge is -2.28. The average molecular weight is 322 g/mol. The summed E-state index contributed by atoms with van der Waals surface area (Å²) in [6, 6.07) is 10.0. The van der Waals surface area contributed by atoms with E-state index in [0.29, 0.717) is 23.7 Å². The summed E-state index contributed by atoms with van der Waals surface area (Å²) in [5.74, 6) is 0.729. The molecule has 3 amide bonds. The number of hydrogen-bond donors (Lipinski definition) is 1. The summed E-state index contributed by atoms with van der Waals surface area (Å²) in [5, 5.41) is 11.2. The maximum atomic E-state index is 12.0. The summed E-state index contributed by atoms with van der Waals surface area (Å²) < 4.78 is 5.75. The second kappa shape index (κ2) is 6.38. The zero-order valence-corrected chi connectivity index (χ0v) is 12.9. The molecule has 0 spiro atoms. The Labute approximate surface area is 138 Å². The zero-order chi connectivity index (χ0) is 17.1. The van der Waals surface area contributed by atoms with Crippen molar-refractivity contribution in [1.82, 2.24) is 10.3 Å². The maximum absolute atomic E-state index is 12.0. The molecule has 7 nitrogen and oxygen atoms in total. The SMILES string of the molecule is Cc1ccc(Oc2ccnc(C#N)c2)cc1N1CCC(=O)NC1=O. The molecular weight excluding hydrogens is 308 g/mol. The van der Waals surface area contributed by atoms with Crippen molar-refractivity contribution in [3.8, 4) is 17.6 Å². The minimum atomic E-state index is -0.442. The molecule has 1 aromatic heterocycles. The second-order valence-electron chi connectivity index (χ2n) is 5.29. The van der Waals surface area contributed by atoms with Gasteiger partial charge in [0.2, 0.25) is 5.91 Å². The number of amides is 3. The molecular formula is C17H14N4O3. The topological polar surface area (TPSA) is 95.3 Å². The van der Waals surface area contributed by atoms with Gasteiger partial charge in [-0.1, -0.05) is 6.07 Å². The molecule has 120 valence electrons. The van der Waals surface area contributed by atoms with Gasteiger partial charge in [-0.05, 0) is 24.6 Å². The molecule has 0 radical (unpaired) electrons. The first-order chi connectivity index (χ1) is 11.6. The summed E-state index contributed by atoms with van der Waals surface area (Å²) >= 11 is 0. The largest absolute Gasteiger partial charge is 0.457 e. The highest BCUT2D eigenvalue weighted by atomic mass is 16.5. The molecule has 0 aliphatic carbocycles. The van der Waals surface area contributed by atoms with Crippen molar-refractivity contribution < 1.29 is 14.3 Å². The van der Waals surface area contributed by atoms with Crippen LogP contribution >= 0.6 is 0 Å². The number of carbonyl (C=O) groups excluding carboxylic acids is 2. The number of aryl methyl sites for hydroxylation is 1. The minimum absolute atomic E-state index is 0.256. The number of benzene rings is 1. The van der Waals surface area contributed by atoms with E-state index >= 15 is 0 Å². The quantitative estimate of drug-likeness (QED) is 0.936. The molecule has 0 atom stereocenters. The highest BCUT2D eigenvalue weighted by molar-refractivity contribution is 6.06. The van der Waals surface area contributed by atoms with Gasteiger partial charge in [0.05, 0.1) is 5.69 Å². The first-order valence-corrected chi connectivity index (χ1v) is 7.33. The molecule has 0 saturated carbocycles. The second-order valence-corrected chi connectivity index (χ2v) is 5.29. The molecule has 1 aliphatic rings. The van der Waals surface area contributed by atoms with Crippen LogP contribution in [0.1, 0.15) is 17.7 Å². The Kier molecular flexibility index (Phi) is 4.12. The van der Waals surface area contributed by atoms with Crippen LogP contribution in [0, 0.1) is 18.3 Å². The smallest absolute Gasteiger partial charge is 0.328 e. The van der Waals surface area contributed by atoms with Crippen molar-refractivity contribution in [3.63, 3.8) is 0 Å². The van der Waals surface area contributed by atoms with Crippen LogP contribution in [0.2, 0.25) is 0 Å². The molecule has 1 aliphatic heterocycles. The Balaban J connectivity index is 1.87. The fraction of sp³-hybridized carbons (Fsp3) is 0.176. The lowest BCUT2D eigenvalue weighted by Crippen LogP contribution is -2.49. The molecule has 2 aromatic rings. The summed E-state index contributed by atoms with van der Waals surface area (Å²) in [7, 11) is 0. The lowest BCUT2D eigenvalue weighted by molar-refractivity contribution is -0.120. The van der Waals surface area contributed by atoms with Crippen molar-refractivity contribution >= 4 is 17.6 Å². The predicted octanol–water partition coefficient (Wildman–Crippen LogP) is 2.50. The van der Waals surface area contributed by atoms with E-state index in [1.165, 1.54) is 17.2 Å². The number of aromatic nitrogens is 1. The average Bonchev–Trinajstić information content (AvgIpc) is 2.57. The number of carbonyl (C=O) groups is 2. The van der Waals surface area contributed by atoms with Crippen molar-refractivity contribution in [2.24, 2.45) is 0 Å². The van der Waals surface area contributed by atoms with E-state index in [0.717, 1.165) is 5.56 Å². The number of pyridine rings is 1. The summed E-state index contributed by atoms with van der Waals surface area (Å²) in [4.78, 5) is 28.7. The Morgan fingerprint density at radius 2 is 2.04 bits per heavy atom. The lowest BCUT2D eigenvalue weighted by atomic mass is 10.1. The molecule has 1 saturated heterocycles. The normalized spacial score (nSPS) is 14.1. The molecule has 0 bridgehead atoms. The fourth-order valence-electron chi connectivity index (χ4n) is 2.41. The number of imide groups is 1. The van der Waals surface area contributed by atoms with Crippen molar-refractivity contribution in [3.05, 3.63) is 47.8 Å². The summed E-state index contributed by atoms with van der Waals surface area (Å²) in [6.07, 6.45) is 1.75. The van der Waals surface area contributed by atoms with E-state index in [4.69, 9.17) is 10.00 Å². The molecule has 1 aromatic carbocycles. The van der Waals surface area contributed by atoms with Crippen molar-refractivity contribution in [2.75, 3.05) is 11.4 Å². The number of rotatable bonds is 3. The highest BCUT2D eigenvalue weighted by Gasteiger charge is 2.25. The summed E-state index contributed by atoms with van der Waals surface area (Å²) in [5.41, 5.74) is 1.82. The molecule has 7 heteroatoms. The van der Waals surface area contributed by atoms with Gasteiger partial charge in [0, 0.05) is 31.3 Å². The van der Waals surface area contributed by atoms with Gasteiger partial charge in [-0.25, -0.2) is 9.78 Å². The number of anilines is 1. The zero-order valence-electron chi connectivity index (χ0n) is 12.9. The highest BCUT2D eigenvalue weighted by Crippen LogP contribution is 2.30. The first kappa shape index (κ1) is 15.5. The van der Waals surface area contributed by atoms with E-state index in [9.17, 15) is 9.59 Å². The van der Waals surface area contributed by atoms with E-state index in [-0.39, 0.29) is 18.0 Å². The molecule has 1 N–H and O–H groups in total. The van der Waals surface area contributed by atoms with Gasteiger partial charge in [-0.15, -0.1) is 0 Å². The molecule has 1 fully saturated rings. The minimum Gasteiger partial charge on any atom is -0.457 e. The van der Waals surface area contributed by atoms with Gasteiger partial charge in [-0.3, -0.25) is 15.0 Å². The van der Waals surface area contributed by atoms with Gasteiger partial charge in [-0.2, -0.15) is 5.26 Å². The van der Waals surface area contributed by atoms with E-state index < -0.39 is 6.03 Å². The van der Waals surface area contributed by atoms with E-state index in [1.807, 2.05) is 19.1 Å². The number of hydrogen-bond acceptors (Lipinski definition) is 5. The van der Waals surface area contributed by atoms with Crippen LogP contribution in [0.25, 0.3) is 0 Å². The van der Waals surface area contributed by atoms with Crippen LogP contribution in [0.4, 0.5) is 10.5 Å². The molecule has 2 heterocycles.